The zero-order valence-electron chi connectivity index (χ0n) is 32.3. The van der Waals surface area contributed by atoms with Gasteiger partial charge in [-0.05, 0) is 82.2 Å². The van der Waals surface area contributed by atoms with E-state index in [4.69, 9.17) is 4.74 Å². The highest BCUT2D eigenvalue weighted by molar-refractivity contribution is 5.84. The number of rotatable bonds is 19. The summed E-state index contributed by atoms with van der Waals surface area (Å²) in [7, 11) is 0. The molecule has 0 amide bonds. The minimum absolute atomic E-state index is 0.00517. The number of nitrogens with one attached hydrogen (secondary N) is 1. The van der Waals surface area contributed by atoms with Crippen LogP contribution in [0, 0.1) is 20.9 Å². The van der Waals surface area contributed by atoms with Crippen LogP contribution in [0.4, 0.5) is 5.69 Å². The molecule has 0 aliphatic carbocycles. The molecule has 0 bridgehead atoms. The molecule has 3 N–H and O–H groups in total. The number of aliphatic carboxylic acids is 2. The summed E-state index contributed by atoms with van der Waals surface area (Å²) in [4.78, 5) is 41.0. The van der Waals surface area contributed by atoms with Gasteiger partial charge < -0.3 is 25.2 Å². The number of hydrogen-bond donors (Lipinski definition) is 3. The Kier molecular flexibility index (Phi) is 14.0. The van der Waals surface area contributed by atoms with Gasteiger partial charge in [-0.3, -0.25) is 19.7 Å². The van der Waals surface area contributed by atoms with Crippen molar-refractivity contribution in [2.75, 3.05) is 32.8 Å². The fraction of sp³-hybridized carbons (Fsp3) is 0.545. The Morgan fingerprint density at radius 3 is 1.89 bits per heavy atom. The van der Waals surface area contributed by atoms with Gasteiger partial charge in [0.1, 0.15) is 0 Å². The molecule has 0 saturated carbocycles. The predicted molar refractivity (Wildman–Crippen MR) is 211 cm³/mol. The first-order valence-corrected chi connectivity index (χ1v) is 19.9. The van der Waals surface area contributed by atoms with Crippen molar-refractivity contribution in [3.8, 4) is 0 Å². The van der Waals surface area contributed by atoms with Crippen molar-refractivity contribution in [2.24, 2.45) is 10.8 Å². The maximum Gasteiger partial charge on any atom is 0.311 e. The smallest absolute Gasteiger partial charge is 0.311 e. The number of unbranched alkanes of at least 4 members (excludes halogenated alkanes) is 3. The summed E-state index contributed by atoms with van der Waals surface area (Å²) in [6.07, 6.45) is 7.09. The van der Waals surface area contributed by atoms with E-state index in [0.29, 0.717) is 31.6 Å². The Bertz CT molecular complexity index is 1640. The second-order valence-electron chi connectivity index (χ2n) is 15.6. The van der Waals surface area contributed by atoms with E-state index in [1.54, 1.807) is 6.07 Å². The van der Waals surface area contributed by atoms with Crippen LogP contribution in [-0.2, 0) is 19.7 Å². The monoisotopic (exact) mass is 741 g/mol. The normalized spacial score (nSPS) is 25.6. The maximum absolute atomic E-state index is 13.6. The Labute approximate surface area is 320 Å². The van der Waals surface area contributed by atoms with Crippen LogP contribution in [0.2, 0.25) is 0 Å². The van der Waals surface area contributed by atoms with E-state index in [-0.39, 0.29) is 23.9 Å². The summed E-state index contributed by atoms with van der Waals surface area (Å²) in [5.74, 6) is -3.19. The highest BCUT2D eigenvalue weighted by Crippen LogP contribution is 2.59. The lowest BCUT2D eigenvalue weighted by Gasteiger charge is -2.57. The number of carbonyl (C=O) groups is 2. The van der Waals surface area contributed by atoms with Crippen LogP contribution in [0.3, 0.4) is 0 Å². The molecule has 5 rings (SSSR count). The third-order valence-electron chi connectivity index (χ3n) is 12.7. The molecule has 5 unspecified atom stereocenters. The van der Waals surface area contributed by atoms with Gasteiger partial charge in [-0.25, -0.2) is 0 Å². The molecule has 0 aromatic heterocycles. The van der Waals surface area contributed by atoms with Crippen LogP contribution in [0.15, 0.2) is 84.9 Å². The number of piperidine rings is 2. The summed E-state index contributed by atoms with van der Waals surface area (Å²) >= 11 is 0. The van der Waals surface area contributed by atoms with E-state index < -0.39 is 45.7 Å². The van der Waals surface area contributed by atoms with Crippen LogP contribution in [0.25, 0.3) is 0 Å². The average molecular weight is 742 g/mol. The van der Waals surface area contributed by atoms with Crippen molar-refractivity contribution < 1.29 is 29.5 Å². The molecule has 2 aliphatic rings. The van der Waals surface area contributed by atoms with E-state index in [1.165, 1.54) is 29.3 Å². The first-order valence-electron chi connectivity index (χ1n) is 19.9. The number of benzene rings is 3. The molecule has 5 atom stereocenters. The average Bonchev–Trinajstić information content (AvgIpc) is 3.18. The number of nitro groups is 1. The second kappa shape index (κ2) is 18.5. The third-order valence-corrected chi connectivity index (χ3v) is 12.7. The third kappa shape index (κ3) is 8.41. The summed E-state index contributed by atoms with van der Waals surface area (Å²) in [6.45, 7) is 9.45. The lowest BCUT2D eigenvalue weighted by atomic mass is 9.49. The van der Waals surface area contributed by atoms with Gasteiger partial charge in [-0.1, -0.05) is 105 Å². The number of ether oxygens (including phenoxy) is 1. The van der Waals surface area contributed by atoms with Crippen LogP contribution < -0.4 is 5.32 Å². The number of nitrogens with zero attached hydrogens (tertiary/aromatic N) is 2. The topological polar surface area (TPSA) is 142 Å². The highest BCUT2D eigenvalue weighted by Gasteiger charge is 2.66. The van der Waals surface area contributed by atoms with Crippen molar-refractivity contribution in [1.29, 1.82) is 0 Å². The molecule has 2 saturated heterocycles. The van der Waals surface area contributed by atoms with Gasteiger partial charge in [-0.2, -0.15) is 0 Å². The van der Waals surface area contributed by atoms with E-state index in [2.05, 4.69) is 77.8 Å². The van der Waals surface area contributed by atoms with E-state index in [0.717, 1.165) is 58.2 Å². The first-order chi connectivity index (χ1) is 26.0. The molecule has 2 aliphatic heterocycles. The Hall–Kier alpha value is -4.12. The van der Waals surface area contributed by atoms with Crippen LogP contribution in [0.5, 0.6) is 0 Å². The van der Waals surface area contributed by atoms with Crippen molar-refractivity contribution in [2.45, 2.75) is 108 Å². The van der Waals surface area contributed by atoms with Gasteiger partial charge >= 0.3 is 11.9 Å². The SMILES string of the molecule is CCCCCCC1(C(=O)O)C(C)NC(C)C(CCCOCCCN2CCC(c3ccccc3)(c3ccccc3)CC2)(C(=O)O)C1c1cccc([N+](=O)[O-])c1. The summed E-state index contributed by atoms with van der Waals surface area (Å²) in [5, 5.41) is 37.5. The summed E-state index contributed by atoms with van der Waals surface area (Å²) in [5.41, 5.74) is -0.127. The molecule has 2 heterocycles. The molecule has 292 valence electrons. The molecule has 10 nitrogen and oxygen atoms in total. The van der Waals surface area contributed by atoms with E-state index in [1.807, 2.05) is 13.8 Å². The lowest BCUT2D eigenvalue weighted by Crippen LogP contribution is -2.69. The molecule has 0 radical (unpaired) electrons. The van der Waals surface area contributed by atoms with E-state index >= 15 is 0 Å². The second-order valence-corrected chi connectivity index (χ2v) is 15.6. The minimum atomic E-state index is -1.55. The standard InChI is InChI=1S/C44H59N3O7/c1-4-5-6-13-23-43(40(48)49)33(2)45-34(3)44(41(50)51,39(43)35-17-14-22-38(32-35)47(52)53)24-15-30-54-31-16-27-46-28-25-42(26-29-46,36-18-9-7-10-19-36)37-20-11-8-12-21-37/h7-12,14,17-22,32-34,39,45H,4-6,13,15-16,23-31H2,1-3H3,(H,48,49)(H,50,51). The zero-order chi connectivity index (χ0) is 38.8. The fourth-order valence-electron chi connectivity index (χ4n) is 9.82. The number of likely N-dealkylation sites (tertiary alicyclic amines) is 1. The molecule has 10 heteroatoms. The van der Waals surface area contributed by atoms with Crippen LogP contribution >= 0.6 is 0 Å². The minimum Gasteiger partial charge on any atom is -0.481 e. The fourth-order valence-corrected chi connectivity index (χ4v) is 9.82. The molecule has 2 fully saturated rings. The Balaban J connectivity index is 1.25. The van der Waals surface area contributed by atoms with Gasteiger partial charge in [0.25, 0.3) is 5.69 Å². The van der Waals surface area contributed by atoms with Gasteiger partial charge in [0.2, 0.25) is 0 Å². The van der Waals surface area contributed by atoms with Crippen LogP contribution in [-0.4, -0.2) is 76.9 Å². The van der Waals surface area contributed by atoms with E-state index in [9.17, 15) is 29.9 Å². The number of carboxylic acid groups (broad SMARTS) is 2. The maximum atomic E-state index is 13.6. The summed E-state index contributed by atoms with van der Waals surface area (Å²) in [6, 6.07) is 26.4. The molecule has 3 aromatic rings. The van der Waals surface area contributed by atoms with Crippen LogP contribution in [0.1, 0.15) is 108 Å². The predicted octanol–water partition coefficient (Wildman–Crippen LogP) is 8.44. The largest absolute Gasteiger partial charge is 0.481 e. The summed E-state index contributed by atoms with van der Waals surface area (Å²) < 4.78 is 6.11. The van der Waals surface area contributed by atoms with Crippen molar-refractivity contribution >= 4 is 17.6 Å². The molecule has 3 aromatic carbocycles. The number of hydrogen-bond acceptors (Lipinski definition) is 7. The quantitative estimate of drug-likeness (QED) is 0.0627. The number of non-ortho nitro benzene ring substituents is 1. The number of nitro benzene ring substituents is 1. The van der Waals surface area contributed by atoms with Crippen molar-refractivity contribution in [3.63, 3.8) is 0 Å². The Morgan fingerprint density at radius 1 is 0.796 bits per heavy atom. The van der Waals surface area contributed by atoms with Gasteiger partial charge in [0.05, 0.1) is 15.8 Å². The van der Waals surface area contributed by atoms with Gasteiger partial charge in [-0.15, -0.1) is 0 Å². The van der Waals surface area contributed by atoms with Gasteiger partial charge in [0, 0.05) is 55.3 Å². The number of carboxylic acids is 2. The van der Waals surface area contributed by atoms with Crippen molar-refractivity contribution in [3.05, 3.63) is 112 Å². The Morgan fingerprint density at radius 2 is 1.35 bits per heavy atom. The van der Waals surface area contributed by atoms with Crippen molar-refractivity contribution in [1.82, 2.24) is 10.2 Å². The molecule has 0 spiro atoms. The first kappa shape index (κ1) is 41.1. The molecular weight excluding hydrogens is 682 g/mol. The molecular formula is C44H59N3O7. The highest BCUT2D eigenvalue weighted by atomic mass is 16.6. The van der Waals surface area contributed by atoms with Gasteiger partial charge in [0.15, 0.2) is 0 Å². The zero-order valence-corrected chi connectivity index (χ0v) is 32.3. The molecule has 54 heavy (non-hydrogen) atoms. The lowest BCUT2D eigenvalue weighted by molar-refractivity contribution is -0.385.